The predicted octanol–water partition coefficient (Wildman–Crippen LogP) is 2.11. The molecular weight excluding hydrogens is 298 g/mol. The molecule has 1 heterocycles. The Balaban J connectivity index is 1.88. The molecule has 1 aliphatic carbocycles. The first-order valence-corrected chi connectivity index (χ1v) is 8.01. The van der Waals surface area contributed by atoms with Crippen molar-refractivity contribution in [3.05, 3.63) is 41.0 Å². The fraction of sp³-hybridized carbons (Fsp3) is 0.312. The molecule has 0 spiro atoms. The van der Waals surface area contributed by atoms with E-state index in [0.29, 0.717) is 5.69 Å². The van der Waals surface area contributed by atoms with Crippen LogP contribution in [0.5, 0.6) is 0 Å². The first kappa shape index (κ1) is 14.7. The van der Waals surface area contributed by atoms with Gasteiger partial charge in [-0.05, 0) is 31.2 Å². The molecular formula is C16H17N3O2S. The molecule has 2 aromatic rings. The highest BCUT2D eigenvalue weighted by atomic mass is 32.1. The molecule has 22 heavy (non-hydrogen) atoms. The molecule has 1 atom stereocenters. The number of nitrogens with zero attached hydrogens (tertiary/aromatic N) is 1. The van der Waals surface area contributed by atoms with E-state index in [9.17, 15) is 9.59 Å². The highest BCUT2D eigenvalue weighted by molar-refractivity contribution is 7.15. The van der Waals surface area contributed by atoms with Crippen LogP contribution in [0.2, 0.25) is 0 Å². The lowest BCUT2D eigenvalue weighted by Crippen LogP contribution is -2.46. The highest BCUT2D eigenvalue weighted by Crippen LogP contribution is 2.34. The number of carbonyl (C=O) groups is 2. The smallest absolute Gasteiger partial charge is 0.272 e. The van der Waals surface area contributed by atoms with E-state index in [1.165, 1.54) is 11.3 Å². The third kappa shape index (κ3) is 3.01. The van der Waals surface area contributed by atoms with E-state index in [1.54, 1.807) is 0 Å². The molecule has 1 aromatic heterocycles. The number of nitrogens with two attached hydrogens (primary N) is 1. The first-order valence-electron chi connectivity index (χ1n) is 7.19. The van der Waals surface area contributed by atoms with Crippen molar-refractivity contribution in [1.29, 1.82) is 0 Å². The van der Waals surface area contributed by atoms with Gasteiger partial charge in [0.2, 0.25) is 5.91 Å². The summed E-state index contributed by atoms with van der Waals surface area (Å²) in [4.78, 5) is 29.2. The van der Waals surface area contributed by atoms with E-state index < -0.39 is 11.9 Å². The number of hydrogen-bond donors (Lipinski definition) is 2. The second-order valence-corrected chi connectivity index (χ2v) is 6.67. The second kappa shape index (κ2) is 5.88. The Morgan fingerprint density at radius 3 is 2.59 bits per heavy atom. The van der Waals surface area contributed by atoms with Gasteiger partial charge in [-0.1, -0.05) is 30.3 Å². The van der Waals surface area contributed by atoms with Gasteiger partial charge in [0.15, 0.2) is 0 Å². The molecule has 0 aliphatic heterocycles. The molecule has 0 saturated heterocycles. The van der Waals surface area contributed by atoms with E-state index in [0.717, 1.165) is 28.3 Å². The fourth-order valence-corrected chi connectivity index (χ4v) is 3.35. The summed E-state index contributed by atoms with van der Waals surface area (Å²) in [5.74, 6) is -0.649. The third-order valence-corrected chi connectivity index (χ3v) is 4.69. The number of amides is 2. The molecule has 3 rings (SSSR count). The molecule has 1 saturated carbocycles. The summed E-state index contributed by atoms with van der Waals surface area (Å²) < 4.78 is 0. The predicted molar refractivity (Wildman–Crippen MR) is 85.5 cm³/mol. The van der Waals surface area contributed by atoms with Crippen LogP contribution in [0.25, 0.3) is 10.4 Å². The normalized spacial score (nSPS) is 15.3. The monoisotopic (exact) mass is 315 g/mol. The maximum absolute atomic E-state index is 12.5. The van der Waals surface area contributed by atoms with E-state index in [2.05, 4.69) is 10.3 Å². The molecule has 114 valence electrons. The van der Waals surface area contributed by atoms with Crippen molar-refractivity contribution in [2.75, 3.05) is 0 Å². The van der Waals surface area contributed by atoms with E-state index in [1.807, 2.05) is 37.3 Å². The molecule has 1 aliphatic rings. The van der Waals surface area contributed by atoms with Crippen molar-refractivity contribution in [2.24, 2.45) is 11.7 Å². The van der Waals surface area contributed by atoms with Gasteiger partial charge in [-0.3, -0.25) is 9.59 Å². The zero-order valence-electron chi connectivity index (χ0n) is 12.2. The van der Waals surface area contributed by atoms with Crippen molar-refractivity contribution >= 4 is 23.2 Å². The lowest BCUT2D eigenvalue weighted by molar-refractivity contribution is -0.120. The van der Waals surface area contributed by atoms with E-state index in [-0.39, 0.29) is 11.8 Å². The van der Waals surface area contributed by atoms with Gasteiger partial charge in [0, 0.05) is 0 Å². The van der Waals surface area contributed by atoms with Gasteiger partial charge in [-0.2, -0.15) is 0 Å². The molecule has 3 N–H and O–H groups in total. The topological polar surface area (TPSA) is 85.1 Å². The average Bonchev–Trinajstić information content (AvgIpc) is 3.26. The average molecular weight is 315 g/mol. The summed E-state index contributed by atoms with van der Waals surface area (Å²) in [5.41, 5.74) is 6.69. The fourth-order valence-electron chi connectivity index (χ4n) is 2.43. The number of carbonyl (C=O) groups excluding carboxylic acids is 2. The number of benzene rings is 1. The van der Waals surface area contributed by atoms with Crippen LogP contribution in [0, 0.1) is 12.8 Å². The Hall–Kier alpha value is -2.21. The number of hydrogen-bond acceptors (Lipinski definition) is 4. The summed E-state index contributed by atoms with van der Waals surface area (Å²) in [6.45, 7) is 1.86. The molecule has 1 aromatic carbocycles. The van der Waals surface area contributed by atoms with E-state index in [4.69, 9.17) is 5.73 Å². The Labute approximate surface area is 132 Å². The minimum absolute atomic E-state index is 0.168. The molecule has 0 radical (unpaired) electrons. The molecule has 1 fully saturated rings. The van der Waals surface area contributed by atoms with Crippen LogP contribution in [0.15, 0.2) is 30.3 Å². The Morgan fingerprint density at radius 2 is 2.00 bits per heavy atom. The SMILES string of the molecule is Cc1nc(C(=O)NC(C(N)=O)C2CC2)c(-c2ccccc2)s1. The Morgan fingerprint density at radius 1 is 1.32 bits per heavy atom. The van der Waals surface area contributed by atoms with Crippen molar-refractivity contribution in [2.45, 2.75) is 25.8 Å². The van der Waals surface area contributed by atoms with Crippen molar-refractivity contribution in [3.8, 4) is 10.4 Å². The number of nitrogens with one attached hydrogen (secondary N) is 1. The largest absolute Gasteiger partial charge is 0.368 e. The number of rotatable bonds is 5. The standard InChI is InChI=1S/C16H17N3O2S/c1-9-18-13(14(22-9)11-5-3-2-4-6-11)16(21)19-12(15(17)20)10-7-8-10/h2-6,10,12H,7-8H2,1H3,(H2,17,20)(H,19,21). The minimum Gasteiger partial charge on any atom is -0.368 e. The lowest BCUT2D eigenvalue weighted by atomic mass is 10.1. The number of aryl methyl sites for hydroxylation is 1. The summed E-state index contributed by atoms with van der Waals surface area (Å²) >= 11 is 1.47. The van der Waals surface area contributed by atoms with Crippen LogP contribution >= 0.6 is 11.3 Å². The lowest BCUT2D eigenvalue weighted by Gasteiger charge is -2.14. The van der Waals surface area contributed by atoms with Crippen LogP contribution in [-0.4, -0.2) is 22.8 Å². The van der Waals surface area contributed by atoms with Crippen LogP contribution in [-0.2, 0) is 4.79 Å². The van der Waals surface area contributed by atoms with Crippen LogP contribution in [0.4, 0.5) is 0 Å². The third-order valence-electron chi connectivity index (χ3n) is 3.67. The number of aromatic nitrogens is 1. The molecule has 1 unspecified atom stereocenters. The summed E-state index contributed by atoms with van der Waals surface area (Å²) in [7, 11) is 0. The maximum atomic E-state index is 12.5. The summed E-state index contributed by atoms with van der Waals surface area (Å²) in [5, 5.41) is 3.56. The summed E-state index contributed by atoms with van der Waals surface area (Å²) in [6, 6.07) is 9.04. The quantitative estimate of drug-likeness (QED) is 0.886. The van der Waals surface area contributed by atoms with Crippen molar-refractivity contribution in [1.82, 2.24) is 10.3 Å². The molecule has 0 bridgehead atoms. The number of thiazole rings is 1. The van der Waals surface area contributed by atoms with Gasteiger partial charge in [-0.15, -0.1) is 11.3 Å². The van der Waals surface area contributed by atoms with Gasteiger partial charge in [0.05, 0.1) is 9.88 Å². The van der Waals surface area contributed by atoms with Gasteiger partial charge in [0.25, 0.3) is 5.91 Å². The Kier molecular flexibility index (Phi) is 3.94. The maximum Gasteiger partial charge on any atom is 0.272 e. The van der Waals surface area contributed by atoms with Gasteiger partial charge in [-0.25, -0.2) is 4.98 Å². The van der Waals surface area contributed by atoms with Crippen LogP contribution < -0.4 is 11.1 Å². The number of primary amides is 1. The zero-order valence-corrected chi connectivity index (χ0v) is 13.0. The summed E-state index contributed by atoms with van der Waals surface area (Å²) in [6.07, 6.45) is 1.85. The van der Waals surface area contributed by atoms with Gasteiger partial charge < -0.3 is 11.1 Å². The van der Waals surface area contributed by atoms with E-state index >= 15 is 0 Å². The van der Waals surface area contributed by atoms with Crippen LogP contribution in [0.1, 0.15) is 28.3 Å². The van der Waals surface area contributed by atoms with Gasteiger partial charge >= 0.3 is 0 Å². The van der Waals surface area contributed by atoms with Crippen LogP contribution in [0.3, 0.4) is 0 Å². The van der Waals surface area contributed by atoms with Gasteiger partial charge in [0.1, 0.15) is 11.7 Å². The second-order valence-electron chi connectivity index (χ2n) is 5.47. The molecule has 6 heteroatoms. The first-order chi connectivity index (χ1) is 10.6. The van der Waals surface area contributed by atoms with Crippen molar-refractivity contribution in [3.63, 3.8) is 0 Å². The van der Waals surface area contributed by atoms with Crippen molar-refractivity contribution < 1.29 is 9.59 Å². The molecule has 2 amide bonds. The minimum atomic E-state index is -0.599. The zero-order chi connectivity index (χ0) is 15.7. The Bertz CT molecular complexity index is 707. The molecule has 5 nitrogen and oxygen atoms in total. The highest BCUT2D eigenvalue weighted by Gasteiger charge is 2.36.